The van der Waals surface area contributed by atoms with Crippen LogP contribution in [0.4, 0.5) is 8.78 Å². The Bertz CT molecular complexity index is 1740. The molecule has 1 amide bonds. The summed E-state index contributed by atoms with van der Waals surface area (Å²) in [5, 5.41) is 11.3. The number of benzene rings is 2. The van der Waals surface area contributed by atoms with E-state index in [0.717, 1.165) is 24.1 Å². The summed E-state index contributed by atoms with van der Waals surface area (Å²) in [7, 11) is 0. The van der Waals surface area contributed by atoms with Gasteiger partial charge in [-0.2, -0.15) is 10.2 Å². The van der Waals surface area contributed by atoms with Crippen molar-refractivity contribution < 1.29 is 23.0 Å². The predicted molar refractivity (Wildman–Crippen MR) is 172 cm³/mol. The zero-order valence-corrected chi connectivity index (χ0v) is 26.4. The number of halogens is 2. The Kier molecular flexibility index (Phi) is 9.98. The maximum Gasteiger partial charge on any atom is 0.254 e. The molecule has 0 bridgehead atoms. The summed E-state index contributed by atoms with van der Waals surface area (Å²) in [5.41, 5.74) is 2.13. The Balaban J connectivity index is 1.22. The van der Waals surface area contributed by atoms with Crippen molar-refractivity contribution in [3.8, 4) is 22.8 Å². The third-order valence-electron chi connectivity index (χ3n) is 8.78. The van der Waals surface area contributed by atoms with E-state index in [1.165, 1.54) is 35.3 Å². The second-order valence-corrected chi connectivity index (χ2v) is 12.3. The quantitative estimate of drug-likeness (QED) is 0.267. The Hall–Kier alpha value is -4.55. The summed E-state index contributed by atoms with van der Waals surface area (Å²) < 4.78 is 43.8. The van der Waals surface area contributed by atoms with Gasteiger partial charge in [0.2, 0.25) is 0 Å². The first-order chi connectivity index (χ1) is 22.7. The molecule has 2 aliphatic rings. The maximum atomic E-state index is 15.6. The fraction of sp³-hybridized carbons (Fsp3) is 0.400. The van der Waals surface area contributed by atoms with Crippen LogP contribution in [0.2, 0.25) is 0 Å². The van der Waals surface area contributed by atoms with E-state index in [4.69, 9.17) is 9.47 Å². The Morgan fingerprint density at radius 1 is 1.06 bits per heavy atom. The number of carbonyl (C=O) groups is 1. The largest absolute Gasteiger partial charge is 0.457 e. The third-order valence-corrected chi connectivity index (χ3v) is 8.78. The van der Waals surface area contributed by atoms with E-state index < -0.39 is 23.9 Å². The number of nitrogens with zero attached hydrogens (tertiary/aromatic N) is 5. The number of piperidine rings is 1. The van der Waals surface area contributed by atoms with E-state index in [-0.39, 0.29) is 41.9 Å². The zero-order chi connectivity index (χ0) is 32.9. The molecule has 0 radical (unpaired) electrons. The summed E-state index contributed by atoms with van der Waals surface area (Å²) in [6.45, 7) is 6.22. The third kappa shape index (κ3) is 7.71. The van der Waals surface area contributed by atoms with Gasteiger partial charge >= 0.3 is 0 Å². The van der Waals surface area contributed by atoms with Gasteiger partial charge in [-0.15, -0.1) is 0 Å². The van der Waals surface area contributed by atoms with Crippen LogP contribution in [0.25, 0.3) is 11.3 Å². The molecule has 2 fully saturated rings. The van der Waals surface area contributed by atoms with Gasteiger partial charge in [0.05, 0.1) is 35.9 Å². The van der Waals surface area contributed by atoms with Gasteiger partial charge in [0.25, 0.3) is 11.5 Å². The number of rotatable bonds is 9. The van der Waals surface area contributed by atoms with Gasteiger partial charge < -0.3 is 14.8 Å². The van der Waals surface area contributed by atoms with Gasteiger partial charge in [0.15, 0.2) is 0 Å². The second-order valence-electron chi connectivity index (χ2n) is 12.3. The molecule has 2 aromatic heterocycles. The van der Waals surface area contributed by atoms with E-state index in [9.17, 15) is 9.59 Å². The summed E-state index contributed by atoms with van der Waals surface area (Å²) >= 11 is 0. The van der Waals surface area contributed by atoms with Crippen molar-refractivity contribution in [3.63, 3.8) is 0 Å². The molecular weight excluding hydrogens is 606 g/mol. The molecule has 2 atom stereocenters. The van der Waals surface area contributed by atoms with Crippen molar-refractivity contribution in [1.29, 1.82) is 0 Å². The first-order valence-electron chi connectivity index (χ1n) is 16.0. The molecule has 0 saturated carbocycles. The fourth-order valence-electron chi connectivity index (χ4n) is 6.01. The van der Waals surface area contributed by atoms with E-state index in [0.29, 0.717) is 43.2 Å². The first-order valence-corrected chi connectivity index (χ1v) is 16.0. The number of aromatic nitrogens is 4. The number of nitrogens with one attached hydrogen (secondary N) is 1. The van der Waals surface area contributed by atoms with Gasteiger partial charge in [0.1, 0.15) is 23.5 Å². The number of hydrogen-bond acceptors (Lipinski definition) is 8. The Labute approximate surface area is 271 Å². The first kappa shape index (κ1) is 32.4. The number of ether oxygens (including phenoxy) is 2. The van der Waals surface area contributed by atoms with Gasteiger partial charge in [0, 0.05) is 55.7 Å². The highest BCUT2D eigenvalue weighted by atomic mass is 19.1. The number of amides is 1. The van der Waals surface area contributed by atoms with Crippen molar-refractivity contribution in [2.24, 2.45) is 0 Å². The van der Waals surface area contributed by atoms with Crippen molar-refractivity contribution >= 4 is 5.91 Å². The molecule has 2 saturated heterocycles. The van der Waals surface area contributed by atoms with Crippen LogP contribution >= 0.6 is 0 Å². The minimum atomic E-state index is -1.30. The van der Waals surface area contributed by atoms with E-state index in [2.05, 4.69) is 39.2 Å². The van der Waals surface area contributed by atoms with Crippen LogP contribution in [0.3, 0.4) is 0 Å². The lowest BCUT2D eigenvalue weighted by atomic mass is 9.98. The van der Waals surface area contributed by atoms with Crippen molar-refractivity contribution in [1.82, 2.24) is 30.0 Å². The van der Waals surface area contributed by atoms with Crippen molar-refractivity contribution in [2.75, 3.05) is 26.3 Å². The lowest BCUT2D eigenvalue weighted by Crippen LogP contribution is -2.55. The minimum absolute atomic E-state index is 0.0477. The average molecular weight is 645 g/mol. The van der Waals surface area contributed by atoms with Crippen LogP contribution in [0, 0.1) is 5.82 Å². The molecule has 2 aliphatic heterocycles. The molecule has 2 aromatic carbocycles. The molecular formula is C35H38F2N6O4. The lowest BCUT2D eigenvalue weighted by molar-refractivity contribution is 0.00512. The Morgan fingerprint density at radius 2 is 1.85 bits per heavy atom. The SMILES string of the molecule is CC(C)c1ccc(-c2ccc(Oc3cc(C(=O)N[C@@H]4CCN(C5CCOCC5)C[C@@H]4F)c(F)cc3Cn3cnccc3=O)cc2)nn1. The minimum Gasteiger partial charge on any atom is -0.457 e. The summed E-state index contributed by atoms with van der Waals surface area (Å²) in [6, 6.07) is 14.3. The van der Waals surface area contributed by atoms with E-state index in [1.807, 2.05) is 24.3 Å². The van der Waals surface area contributed by atoms with Gasteiger partial charge in [-0.25, -0.2) is 13.8 Å². The zero-order valence-electron chi connectivity index (χ0n) is 26.4. The van der Waals surface area contributed by atoms with Gasteiger partial charge in [-0.3, -0.25) is 19.1 Å². The maximum absolute atomic E-state index is 15.6. The number of likely N-dealkylation sites (tertiary alicyclic amines) is 1. The van der Waals surface area contributed by atoms with Gasteiger partial charge in [-0.1, -0.05) is 13.8 Å². The molecule has 0 spiro atoms. The highest BCUT2D eigenvalue weighted by molar-refractivity contribution is 5.95. The molecule has 0 unspecified atom stereocenters. The summed E-state index contributed by atoms with van der Waals surface area (Å²) in [5.74, 6) is -0.686. The monoisotopic (exact) mass is 644 g/mol. The number of carbonyl (C=O) groups excluding carboxylic acids is 1. The molecule has 246 valence electrons. The van der Waals surface area contributed by atoms with E-state index >= 15 is 8.78 Å². The van der Waals surface area contributed by atoms with Crippen LogP contribution in [-0.4, -0.2) is 75.1 Å². The molecule has 12 heteroatoms. The summed E-state index contributed by atoms with van der Waals surface area (Å²) in [4.78, 5) is 31.9. The fourth-order valence-corrected chi connectivity index (χ4v) is 6.01. The van der Waals surface area contributed by atoms with E-state index in [1.54, 1.807) is 12.1 Å². The van der Waals surface area contributed by atoms with Crippen LogP contribution in [-0.2, 0) is 11.3 Å². The topological polar surface area (TPSA) is 111 Å². The Morgan fingerprint density at radius 3 is 2.53 bits per heavy atom. The molecule has 6 rings (SSSR count). The average Bonchev–Trinajstić information content (AvgIpc) is 3.08. The van der Waals surface area contributed by atoms with Gasteiger partial charge in [-0.05, 0) is 73.7 Å². The smallest absolute Gasteiger partial charge is 0.254 e. The van der Waals surface area contributed by atoms with Crippen molar-refractivity contribution in [2.45, 2.75) is 63.8 Å². The van der Waals surface area contributed by atoms with Crippen LogP contribution in [0.1, 0.15) is 60.6 Å². The number of alkyl halides is 1. The molecule has 4 heterocycles. The molecule has 1 N–H and O–H groups in total. The molecule has 10 nitrogen and oxygen atoms in total. The molecule has 47 heavy (non-hydrogen) atoms. The van der Waals surface area contributed by atoms with Crippen LogP contribution < -0.4 is 15.6 Å². The predicted octanol–water partition coefficient (Wildman–Crippen LogP) is 5.12. The second kappa shape index (κ2) is 14.5. The standard InChI is InChI=1S/C35H38F2N6O4/c1-22(2)30-7-8-31(41-40-30)23-3-5-26(6-4-23)47-33-18-27(28(36)17-24(33)19-43-21-38-13-9-34(43)44)35(45)39-32-10-14-42(20-29(32)37)25-11-15-46-16-12-25/h3-9,13,17-18,21-22,25,29,32H,10-12,14-16,19-20H2,1-2H3,(H,39,45)/t29-,32+/m0/s1. The highest BCUT2D eigenvalue weighted by Gasteiger charge is 2.34. The summed E-state index contributed by atoms with van der Waals surface area (Å²) in [6.07, 6.45) is 3.55. The molecule has 0 aliphatic carbocycles. The molecule has 4 aromatic rings. The normalized spacial score (nSPS) is 19.1. The van der Waals surface area contributed by atoms with Crippen LogP contribution in [0.15, 0.2) is 71.9 Å². The highest BCUT2D eigenvalue weighted by Crippen LogP contribution is 2.31. The lowest BCUT2D eigenvalue weighted by Gasteiger charge is -2.40. The number of hydrogen-bond donors (Lipinski definition) is 1. The van der Waals surface area contributed by atoms with Crippen molar-refractivity contribution in [3.05, 3.63) is 100 Å². The van der Waals surface area contributed by atoms with Crippen LogP contribution in [0.5, 0.6) is 11.5 Å².